The number of hydrogen-bond acceptors (Lipinski definition) is 2. The van der Waals surface area contributed by atoms with Gasteiger partial charge in [0.15, 0.2) is 5.78 Å². The van der Waals surface area contributed by atoms with Crippen LogP contribution < -0.4 is 0 Å². The Bertz CT molecular complexity index is 531. The summed E-state index contributed by atoms with van der Waals surface area (Å²) in [5.74, 6) is -0.419. The first-order valence-electron chi connectivity index (χ1n) is 5.38. The predicted octanol–water partition coefficient (Wildman–Crippen LogP) is 2.77. The zero-order chi connectivity index (χ0) is 12.4. The van der Waals surface area contributed by atoms with Crippen molar-refractivity contribution < 1.29 is 9.18 Å². The minimum Gasteiger partial charge on any atom is -0.292 e. The van der Waals surface area contributed by atoms with Gasteiger partial charge in [-0.25, -0.2) is 4.39 Å². The number of benzene rings is 1. The third-order valence-electron chi connectivity index (χ3n) is 2.64. The molecule has 0 fully saturated rings. The molecular formula is C13H13FN2O. The quantitative estimate of drug-likeness (QED) is 0.763. The number of halogens is 1. The van der Waals surface area contributed by atoms with Crippen LogP contribution in [0, 0.1) is 12.7 Å². The maximum Gasteiger partial charge on any atom is 0.187 e. The highest BCUT2D eigenvalue weighted by atomic mass is 19.1. The molecule has 1 atom stereocenters. The smallest absolute Gasteiger partial charge is 0.187 e. The van der Waals surface area contributed by atoms with Crippen molar-refractivity contribution in [2.45, 2.75) is 19.9 Å². The molecule has 2 aromatic rings. The summed E-state index contributed by atoms with van der Waals surface area (Å²) in [7, 11) is 0. The molecule has 1 aromatic carbocycles. The molecule has 0 aliphatic rings. The third-order valence-corrected chi connectivity index (χ3v) is 2.64. The van der Waals surface area contributed by atoms with Gasteiger partial charge in [0.25, 0.3) is 0 Å². The van der Waals surface area contributed by atoms with Gasteiger partial charge in [0.1, 0.15) is 11.9 Å². The lowest BCUT2D eigenvalue weighted by Gasteiger charge is -2.10. The first-order chi connectivity index (χ1) is 8.08. The number of ketones is 1. The van der Waals surface area contributed by atoms with Crippen LogP contribution in [0.25, 0.3) is 0 Å². The van der Waals surface area contributed by atoms with E-state index in [0.717, 1.165) is 5.56 Å². The largest absolute Gasteiger partial charge is 0.292 e. The fraction of sp³-hybridized carbons (Fsp3) is 0.231. The van der Waals surface area contributed by atoms with Crippen LogP contribution in [0.1, 0.15) is 28.9 Å². The molecule has 4 heteroatoms. The van der Waals surface area contributed by atoms with Gasteiger partial charge in [-0.05, 0) is 43.7 Å². The SMILES string of the molecule is Cc1cnn(C(C)C(=O)c2ccc(F)cc2)c1. The van der Waals surface area contributed by atoms with Crippen LogP contribution in [0.4, 0.5) is 4.39 Å². The van der Waals surface area contributed by atoms with E-state index in [1.807, 2.05) is 13.1 Å². The van der Waals surface area contributed by atoms with E-state index in [2.05, 4.69) is 5.10 Å². The molecule has 3 nitrogen and oxygen atoms in total. The maximum atomic E-state index is 12.7. The second kappa shape index (κ2) is 4.49. The molecule has 1 aromatic heterocycles. The van der Waals surface area contributed by atoms with E-state index in [0.29, 0.717) is 5.56 Å². The molecular weight excluding hydrogens is 219 g/mol. The van der Waals surface area contributed by atoms with Gasteiger partial charge in [-0.2, -0.15) is 5.10 Å². The van der Waals surface area contributed by atoms with Crippen molar-refractivity contribution in [1.29, 1.82) is 0 Å². The summed E-state index contributed by atoms with van der Waals surface area (Å²) in [6.45, 7) is 3.69. The van der Waals surface area contributed by atoms with Crippen LogP contribution in [0.15, 0.2) is 36.7 Å². The molecule has 0 bridgehead atoms. The van der Waals surface area contributed by atoms with Gasteiger partial charge in [0, 0.05) is 11.8 Å². The first-order valence-corrected chi connectivity index (χ1v) is 5.38. The summed E-state index contributed by atoms with van der Waals surface area (Å²) in [6, 6.07) is 5.17. The van der Waals surface area contributed by atoms with Crippen molar-refractivity contribution in [2.75, 3.05) is 0 Å². The average Bonchev–Trinajstić information content (AvgIpc) is 2.75. The molecule has 0 saturated heterocycles. The summed E-state index contributed by atoms with van der Waals surface area (Å²) in [5, 5.41) is 4.10. The fourth-order valence-corrected chi connectivity index (χ4v) is 1.62. The highest BCUT2D eigenvalue weighted by molar-refractivity contribution is 5.98. The van der Waals surface area contributed by atoms with Gasteiger partial charge < -0.3 is 0 Å². The zero-order valence-corrected chi connectivity index (χ0v) is 9.72. The Kier molecular flexibility index (Phi) is 3.04. The van der Waals surface area contributed by atoms with Gasteiger partial charge >= 0.3 is 0 Å². The summed E-state index contributed by atoms with van der Waals surface area (Å²) in [6.07, 6.45) is 3.51. The third kappa shape index (κ3) is 2.41. The highest BCUT2D eigenvalue weighted by Crippen LogP contribution is 2.14. The number of carbonyl (C=O) groups is 1. The van der Waals surface area contributed by atoms with E-state index in [4.69, 9.17) is 0 Å². The van der Waals surface area contributed by atoms with Crippen molar-refractivity contribution in [2.24, 2.45) is 0 Å². The summed E-state index contributed by atoms with van der Waals surface area (Å²) in [5.41, 5.74) is 1.50. The second-order valence-electron chi connectivity index (χ2n) is 4.04. The number of Topliss-reactive ketones (excluding diaryl/α,β-unsaturated/α-hetero) is 1. The molecule has 1 heterocycles. The van der Waals surface area contributed by atoms with E-state index in [-0.39, 0.29) is 17.6 Å². The molecule has 17 heavy (non-hydrogen) atoms. The summed E-state index contributed by atoms with van der Waals surface area (Å²) in [4.78, 5) is 12.1. The molecule has 1 unspecified atom stereocenters. The first kappa shape index (κ1) is 11.5. The molecule has 0 amide bonds. The topological polar surface area (TPSA) is 34.9 Å². The molecule has 0 spiro atoms. The summed E-state index contributed by atoms with van der Waals surface area (Å²) < 4.78 is 14.4. The fourth-order valence-electron chi connectivity index (χ4n) is 1.62. The molecule has 0 N–H and O–H groups in total. The van der Waals surface area contributed by atoms with Crippen LogP contribution in [0.5, 0.6) is 0 Å². The number of aromatic nitrogens is 2. The predicted molar refractivity (Wildman–Crippen MR) is 62.4 cm³/mol. The molecule has 88 valence electrons. The van der Waals surface area contributed by atoms with E-state index in [9.17, 15) is 9.18 Å². The summed E-state index contributed by atoms with van der Waals surface area (Å²) >= 11 is 0. The lowest BCUT2D eigenvalue weighted by atomic mass is 10.1. The number of hydrogen-bond donors (Lipinski definition) is 0. The molecule has 0 radical (unpaired) electrons. The molecule has 0 aliphatic heterocycles. The van der Waals surface area contributed by atoms with Gasteiger partial charge in [-0.1, -0.05) is 0 Å². The monoisotopic (exact) mass is 232 g/mol. The van der Waals surface area contributed by atoms with Crippen LogP contribution in [0.2, 0.25) is 0 Å². The normalized spacial score (nSPS) is 12.4. The van der Waals surface area contributed by atoms with Crippen molar-refractivity contribution in [3.63, 3.8) is 0 Å². The van der Waals surface area contributed by atoms with E-state index >= 15 is 0 Å². The minimum absolute atomic E-state index is 0.0758. The van der Waals surface area contributed by atoms with E-state index in [1.165, 1.54) is 24.3 Å². The highest BCUT2D eigenvalue weighted by Gasteiger charge is 2.17. The molecule has 0 aliphatic carbocycles. The number of aryl methyl sites for hydroxylation is 1. The van der Waals surface area contributed by atoms with Crippen LogP contribution in [-0.2, 0) is 0 Å². The van der Waals surface area contributed by atoms with E-state index in [1.54, 1.807) is 17.8 Å². The second-order valence-corrected chi connectivity index (χ2v) is 4.04. The Morgan fingerprint density at radius 2 is 2.00 bits per heavy atom. The lowest BCUT2D eigenvalue weighted by Crippen LogP contribution is -2.17. The Morgan fingerprint density at radius 1 is 1.35 bits per heavy atom. The van der Waals surface area contributed by atoms with Gasteiger partial charge in [0.05, 0.1) is 6.20 Å². The molecule has 0 saturated carbocycles. The molecule has 2 rings (SSSR count). The van der Waals surface area contributed by atoms with Crippen molar-refractivity contribution >= 4 is 5.78 Å². The van der Waals surface area contributed by atoms with Gasteiger partial charge in [0.2, 0.25) is 0 Å². The van der Waals surface area contributed by atoms with Crippen LogP contribution in [0.3, 0.4) is 0 Å². The Balaban J connectivity index is 2.23. The van der Waals surface area contributed by atoms with Crippen LogP contribution in [-0.4, -0.2) is 15.6 Å². The number of carbonyl (C=O) groups excluding carboxylic acids is 1. The van der Waals surface area contributed by atoms with Gasteiger partial charge in [-0.3, -0.25) is 9.48 Å². The lowest BCUT2D eigenvalue weighted by molar-refractivity contribution is 0.0928. The maximum absolute atomic E-state index is 12.7. The van der Waals surface area contributed by atoms with E-state index < -0.39 is 0 Å². The van der Waals surface area contributed by atoms with Crippen molar-refractivity contribution in [3.05, 3.63) is 53.6 Å². The Morgan fingerprint density at radius 3 is 2.53 bits per heavy atom. The Hall–Kier alpha value is -1.97. The van der Waals surface area contributed by atoms with Gasteiger partial charge in [-0.15, -0.1) is 0 Å². The van der Waals surface area contributed by atoms with Crippen molar-refractivity contribution in [1.82, 2.24) is 9.78 Å². The van der Waals surface area contributed by atoms with Crippen molar-refractivity contribution in [3.8, 4) is 0 Å². The minimum atomic E-state index is -0.380. The van der Waals surface area contributed by atoms with Crippen LogP contribution >= 0.6 is 0 Å². The Labute approximate surface area is 98.9 Å². The number of rotatable bonds is 3. The average molecular weight is 232 g/mol. The number of nitrogens with zero attached hydrogens (tertiary/aromatic N) is 2. The standard InChI is InChI=1S/C13H13FN2O/c1-9-7-15-16(8-9)10(2)13(17)11-3-5-12(14)6-4-11/h3-8,10H,1-2H3. The zero-order valence-electron chi connectivity index (χ0n) is 9.72.